The molecule has 0 bridgehead atoms. The molecular weight excluding hydrogens is 173 g/mol. The second-order valence-electron chi connectivity index (χ2n) is 1.93. The Bertz CT molecular complexity index is 223. The van der Waals surface area contributed by atoms with E-state index >= 15 is 0 Å². The fourth-order valence-electron chi connectivity index (χ4n) is 0.431. The van der Waals surface area contributed by atoms with Gasteiger partial charge in [-0.05, 0) is 19.1 Å². The minimum absolute atomic E-state index is 0.649. The molecule has 0 aromatic carbocycles. The highest BCUT2D eigenvalue weighted by molar-refractivity contribution is 5.89. The number of carbonyl (C=O) groups is 1. The summed E-state index contributed by atoms with van der Waals surface area (Å²) in [5, 5.41) is 8.58. The lowest BCUT2D eigenvalue weighted by Crippen LogP contribution is -2.32. The lowest BCUT2D eigenvalue weighted by atomic mass is 10.2. The topological polar surface area (TPSA) is 37.3 Å². The number of hydrogen-bond donors (Lipinski definition) is 1. The summed E-state index contributed by atoms with van der Waals surface area (Å²) in [6.45, 7) is 1.50. The van der Waals surface area contributed by atoms with E-state index in [1.54, 1.807) is 0 Å². The summed E-state index contributed by atoms with van der Waals surface area (Å²) in [5.41, 5.74) is 2.18. The van der Waals surface area contributed by atoms with Gasteiger partial charge in [0.15, 0.2) is 0 Å². The highest BCUT2D eigenvalue weighted by Gasteiger charge is 2.41. The van der Waals surface area contributed by atoms with Gasteiger partial charge in [-0.2, -0.15) is 13.2 Å². The summed E-state index contributed by atoms with van der Waals surface area (Å²) in [6.07, 6.45) is -5.21. The molecule has 0 aliphatic rings. The molecule has 0 spiro atoms. The maximum Gasteiger partial charge on any atom is 0.453 e. The van der Waals surface area contributed by atoms with Crippen LogP contribution in [0, 0.1) is 0 Å². The van der Waals surface area contributed by atoms with Crippen LogP contribution in [-0.2, 0) is 4.79 Å². The van der Waals surface area contributed by atoms with Gasteiger partial charge in [0.1, 0.15) is 6.10 Å². The zero-order valence-corrected chi connectivity index (χ0v) is 6.22. The summed E-state index contributed by atoms with van der Waals surface area (Å²) in [7, 11) is 0. The average Bonchev–Trinajstić information content (AvgIpc) is 1.97. The largest absolute Gasteiger partial charge is 0.453 e. The third kappa shape index (κ3) is 3.37. The van der Waals surface area contributed by atoms with E-state index in [2.05, 4.69) is 5.73 Å². The van der Waals surface area contributed by atoms with E-state index in [-0.39, 0.29) is 0 Å². The smallest absolute Gasteiger partial charge is 0.380 e. The minimum atomic E-state index is -4.99. The monoisotopic (exact) mass is 180 g/mol. The summed E-state index contributed by atoms with van der Waals surface area (Å²) < 4.78 is 34.7. The van der Waals surface area contributed by atoms with Gasteiger partial charge in [-0.1, -0.05) is 0 Å². The van der Waals surface area contributed by atoms with Crippen molar-refractivity contribution >= 4 is 5.78 Å². The molecule has 0 rings (SSSR count). The number of halogens is 3. The minimum Gasteiger partial charge on any atom is -0.380 e. The lowest BCUT2D eigenvalue weighted by molar-refractivity contribution is -0.177. The van der Waals surface area contributed by atoms with Gasteiger partial charge in [-0.25, -0.2) is 0 Å². The Morgan fingerprint density at radius 1 is 1.58 bits per heavy atom. The van der Waals surface area contributed by atoms with E-state index in [0.717, 1.165) is 0 Å². The van der Waals surface area contributed by atoms with E-state index < -0.39 is 18.1 Å². The molecule has 12 heavy (non-hydrogen) atoms. The molecule has 1 unspecified atom stereocenters. The standard InChI is InChI=1S/C7H7F3O2/c1-2-3-4-5(11)6(12)7(8,9)10/h2,4-5,11H,1H3. The molecule has 5 heteroatoms. The number of Topliss-reactive ketones (excluding diaryl/α,β-unsaturated/α-hetero) is 1. The fourth-order valence-corrected chi connectivity index (χ4v) is 0.431. The molecule has 0 amide bonds. The first-order chi connectivity index (χ1) is 5.39. The van der Waals surface area contributed by atoms with Gasteiger partial charge in [0.05, 0.1) is 0 Å². The fraction of sp³-hybridized carbons (Fsp3) is 0.429. The highest BCUT2D eigenvalue weighted by Crippen LogP contribution is 2.18. The summed E-state index contributed by atoms with van der Waals surface area (Å²) >= 11 is 0. The van der Waals surface area contributed by atoms with Crippen molar-refractivity contribution in [3.05, 3.63) is 17.9 Å². The third-order valence-electron chi connectivity index (χ3n) is 0.969. The molecule has 0 radical (unpaired) electrons. The third-order valence-corrected chi connectivity index (χ3v) is 0.969. The van der Waals surface area contributed by atoms with Crippen LogP contribution < -0.4 is 0 Å². The van der Waals surface area contributed by atoms with Crippen molar-refractivity contribution in [2.75, 3.05) is 0 Å². The zero-order valence-electron chi connectivity index (χ0n) is 6.22. The summed E-state index contributed by atoms with van der Waals surface area (Å²) in [6, 6.07) is 0. The quantitative estimate of drug-likeness (QED) is 0.648. The number of alkyl halides is 3. The Kier molecular flexibility index (Phi) is 3.73. The Morgan fingerprint density at radius 3 is 2.42 bits per heavy atom. The van der Waals surface area contributed by atoms with Crippen LogP contribution in [0.3, 0.4) is 0 Å². The molecule has 0 fully saturated rings. The van der Waals surface area contributed by atoms with Crippen molar-refractivity contribution in [2.45, 2.75) is 19.2 Å². The maximum atomic E-state index is 11.6. The normalized spacial score (nSPS) is 13.1. The number of rotatable bonds is 2. The van der Waals surface area contributed by atoms with Gasteiger partial charge in [-0.3, -0.25) is 4.79 Å². The first kappa shape index (κ1) is 10.9. The Balaban J connectivity index is 4.41. The second-order valence-corrected chi connectivity index (χ2v) is 1.93. The van der Waals surface area contributed by atoms with Gasteiger partial charge < -0.3 is 5.11 Å². The van der Waals surface area contributed by atoms with E-state index in [0.29, 0.717) is 6.08 Å². The van der Waals surface area contributed by atoms with Gasteiger partial charge in [0.25, 0.3) is 5.78 Å². The molecule has 0 aliphatic carbocycles. The highest BCUT2D eigenvalue weighted by atomic mass is 19.4. The van der Waals surface area contributed by atoms with Gasteiger partial charge in [0.2, 0.25) is 0 Å². The molecule has 68 valence electrons. The Morgan fingerprint density at radius 2 is 2.08 bits per heavy atom. The molecule has 0 heterocycles. The predicted molar refractivity (Wildman–Crippen MR) is 35.4 cm³/mol. The lowest BCUT2D eigenvalue weighted by Gasteiger charge is -2.06. The van der Waals surface area contributed by atoms with Crippen molar-refractivity contribution in [3.8, 4) is 0 Å². The molecule has 1 atom stereocenters. The van der Waals surface area contributed by atoms with E-state index in [9.17, 15) is 18.0 Å². The van der Waals surface area contributed by atoms with Crippen molar-refractivity contribution in [1.82, 2.24) is 0 Å². The van der Waals surface area contributed by atoms with E-state index in [1.165, 1.54) is 13.0 Å². The van der Waals surface area contributed by atoms with Crippen LogP contribution in [0.4, 0.5) is 13.2 Å². The average molecular weight is 180 g/mol. The second kappa shape index (κ2) is 4.09. The molecule has 1 N–H and O–H groups in total. The van der Waals surface area contributed by atoms with E-state index in [4.69, 9.17) is 5.11 Å². The number of hydrogen-bond acceptors (Lipinski definition) is 2. The molecule has 0 saturated heterocycles. The van der Waals surface area contributed by atoms with Crippen molar-refractivity contribution in [1.29, 1.82) is 0 Å². The number of carbonyl (C=O) groups excluding carboxylic acids is 1. The molecule has 0 saturated carbocycles. The van der Waals surface area contributed by atoms with Crippen molar-refractivity contribution < 1.29 is 23.1 Å². The first-order valence-corrected chi connectivity index (χ1v) is 3.06. The molecule has 0 aromatic rings. The van der Waals surface area contributed by atoms with Crippen LogP contribution in [0.25, 0.3) is 0 Å². The molecule has 2 nitrogen and oxygen atoms in total. The number of aliphatic hydroxyl groups is 1. The van der Waals surface area contributed by atoms with Crippen LogP contribution in [0.1, 0.15) is 6.92 Å². The van der Waals surface area contributed by atoms with Crippen molar-refractivity contribution in [3.63, 3.8) is 0 Å². The van der Waals surface area contributed by atoms with Crippen LogP contribution in [0.5, 0.6) is 0 Å². The van der Waals surface area contributed by atoms with Crippen LogP contribution in [-0.4, -0.2) is 23.2 Å². The number of aliphatic hydroxyl groups excluding tert-OH is 1. The Labute approximate surface area is 67.0 Å². The summed E-state index contributed by atoms with van der Waals surface area (Å²) in [4.78, 5) is 10.2. The SMILES string of the molecule is CC=C=CC(O)C(=O)C(F)(F)F. The predicted octanol–water partition coefficient (Wildman–Crippen LogP) is 1.21. The zero-order chi connectivity index (χ0) is 9.78. The molecular formula is C7H7F3O2. The Hall–Kier alpha value is -1.06. The molecule has 0 aliphatic heterocycles. The van der Waals surface area contributed by atoms with Crippen molar-refractivity contribution in [2.24, 2.45) is 0 Å². The van der Waals surface area contributed by atoms with Crippen LogP contribution >= 0.6 is 0 Å². The van der Waals surface area contributed by atoms with Gasteiger partial charge in [-0.15, -0.1) is 5.73 Å². The first-order valence-electron chi connectivity index (χ1n) is 3.06. The number of ketones is 1. The van der Waals surface area contributed by atoms with Gasteiger partial charge >= 0.3 is 6.18 Å². The van der Waals surface area contributed by atoms with Crippen LogP contribution in [0.15, 0.2) is 17.9 Å². The maximum absolute atomic E-state index is 11.6. The summed E-state index contributed by atoms with van der Waals surface area (Å²) in [5.74, 6) is -2.18. The van der Waals surface area contributed by atoms with Gasteiger partial charge in [0, 0.05) is 0 Å². The van der Waals surface area contributed by atoms with E-state index in [1.807, 2.05) is 0 Å². The molecule has 0 aromatic heterocycles. The van der Waals surface area contributed by atoms with Crippen LogP contribution in [0.2, 0.25) is 0 Å².